The van der Waals surface area contributed by atoms with Gasteiger partial charge in [0.2, 0.25) is 5.91 Å². The third kappa shape index (κ3) is 4.43. The lowest BCUT2D eigenvalue weighted by Gasteiger charge is -2.35. The summed E-state index contributed by atoms with van der Waals surface area (Å²) in [7, 11) is 2.16. The minimum Gasteiger partial charge on any atom is -0.346 e. The van der Waals surface area contributed by atoms with E-state index in [9.17, 15) is 4.79 Å². The van der Waals surface area contributed by atoms with Crippen LogP contribution in [0.5, 0.6) is 0 Å². The Morgan fingerprint density at radius 2 is 1.97 bits per heavy atom. The van der Waals surface area contributed by atoms with Gasteiger partial charge in [0, 0.05) is 68.8 Å². The van der Waals surface area contributed by atoms with Crippen LogP contribution < -0.4 is 0 Å². The van der Waals surface area contributed by atoms with E-state index in [0.717, 1.165) is 63.3 Å². The van der Waals surface area contributed by atoms with Gasteiger partial charge in [0.25, 0.3) is 0 Å². The van der Waals surface area contributed by atoms with Gasteiger partial charge in [-0.2, -0.15) is 0 Å². The van der Waals surface area contributed by atoms with E-state index in [2.05, 4.69) is 56.7 Å². The van der Waals surface area contributed by atoms with E-state index in [0.29, 0.717) is 24.8 Å². The maximum Gasteiger partial charge on any atom is 0.223 e. The zero-order valence-electron chi connectivity index (χ0n) is 20.5. The first-order chi connectivity index (χ1) is 17.2. The van der Waals surface area contributed by atoms with Gasteiger partial charge in [-0.25, -0.2) is 0 Å². The summed E-state index contributed by atoms with van der Waals surface area (Å²) in [5, 5.41) is 1.30. The van der Waals surface area contributed by atoms with Crippen molar-refractivity contribution in [2.45, 2.75) is 32.2 Å². The Hall–Kier alpha value is -3.25. The molecule has 0 N–H and O–H groups in total. The van der Waals surface area contributed by atoms with Gasteiger partial charge in [0.15, 0.2) is 0 Å². The van der Waals surface area contributed by atoms with Gasteiger partial charge in [-0.3, -0.25) is 19.7 Å². The highest BCUT2D eigenvalue weighted by molar-refractivity contribution is 6.15. The minimum absolute atomic E-state index is 0.300. The van der Waals surface area contributed by atoms with Crippen LogP contribution in [-0.4, -0.2) is 63.7 Å². The van der Waals surface area contributed by atoms with Gasteiger partial charge in [-0.15, -0.1) is 0 Å². The van der Waals surface area contributed by atoms with Crippen LogP contribution in [0.3, 0.4) is 0 Å². The first-order valence-corrected chi connectivity index (χ1v) is 12.9. The zero-order chi connectivity index (χ0) is 23.8. The molecule has 6 heteroatoms. The number of likely N-dealkylation sites (tertiary alicyclic amines) is 1. The van der Waals surface area contributed by atoms with Crippen molar-refractivity contribution >= 4 is 22.5 Å². The van der Waals surface area contributed by atoms with Crippen LogP contribution >= 0.6 is 0 Å². The molecule has 0 aliphatic carbocycles. The summed E-state index contributed by atoms with van der Waals surface area (Å²) in [4.78, 5) is 26.9. The van der Waals surface area contributed by atoms with E-state index in [1.165, 1.54) is 27.7 Å². The number of hydrogen-bond acceptors (Lipinski definition) is 4. The predicted octanol–water partition coefficient (Wildman–Crippen LogP) is 4.21. The van der Waals surface area contributed by atoms with Crippen LogP contribution in [0.4, 0.5) is 0 Å². The van der Waals surface area contributed by atoms with Crippen LogP contribution in [0.25, 0.3) is 10.9 Å². The molecule has 0 saturated carbocycles. The number of pyridine rings is 1. The van der Waals surface area contributed by atoms with Crippen molar-refractivity contribution in [1.29, 1.82) is 0 Å². The molecular formula is C29H33N5O. The van der Waals surface area contributed by atoms with Crippen molar-refractivity contribution in [2.75, 3.05) is 32.7 Å². The number of para-hydroxylation sites is 1. The van der Waals surface area contributed by atoms with Gasteiger partial charge < -0.3 is 9.47 Å². The molecule has 0 radical (unpaired) electrons. The van der Waals surface area contributed by atoms with Crippen LogP contribution in [-0.2, 0) is 18.4 Å². The maximum absolute atomic E-state index is 13.4. The van der Waals surface area contributed by atoms with E-state index in [1.54, 1.807) is 0 Å². The van der Waals surface area contributed by atoms with Crippen molar-refractivity contribution in [3.8, 4) is 0 Å². The minimum atomic E-state index is 0.300. The van der Waals surface area contributed by atoms with E-state index in [1.807, 2.05) is 24.5 Å². The van der Waals surface area contributed by atoms with Crippen molar-refractivity contribution in [2.24, 2.45) is 18.0 Å². The number of aromatic nitrogens is 2. The SMILES string of the molecule is Cn1c(CN2CCC[C@@H](CC(=O)N3CCC4=C(C3)C(c3ccncc3)=NC4)C2)cc2ccccc21. The number of aryl methyl sites for hydroxylation is 1. The monoisotopic (exact) mass is 467 g/mol. The molecule has 5 heterocycles. The molecule has 1 amide bonds. The number of amides is 1. The molecule has 180 valence electrons. The maximum atomic E-state index is 13.4. The number of carbonyl (C=O) groups excluding carboxylic acids is 1. The lowest BCUT2D eigenvalue weighted by molar-refractivity contribution is -0.132. The Morgan fingerprint density at radius 1 is 1.11 bits per heavy atom. The van der Waals surface area contributed by atoms with Gasteiger partial charge in [0.1, 0.15) is 0 Å². The topological polar surface area (TPSA) is 53.7 Å². The molecule has 3 aliphatic heterocycles. The van der Waals surface area contributed by atoms with Crippen molar-refractivity contribution in [3.63, 3.8) is 0 Å². The number of hydrogen-bond donors (Lipinski definition) is 0. The lowest BCUT2D eigenvalue weighted by Crippen LogP contribution is -2.41. The number of nitrogens with zero attached hydrogens (tertiary/aromatic N) is 5. The molecule has 3 aromatic rings. The highest BCUT2D eigenvalue weighted by Gasteiger charge is 2.31. The lowest BCUT2D eigenvalue weighted by atomic mass is 9.92. The molecule has 0 spiro atoms. The predicted molar refractivity (Wildman–Crippen MR) is 139 cm³/mol. The average Bonchev–Trinajstić information content (AvgIpc) is 3.45. The molecule has 1 saturated heterocycles. The number of piperidine rings is 1. The molecule has 3 aliphatic rings. The number of aliphatic imine (C=N–C) groups is 1. The summed E-state index contributed by atoms with van der Waals surface area (Å²) in [6.45, 7) is 5.35. The Bertz CT molecular complexity index is 1310. The van der Waals surface area contributed by atoms with E-state index >= 15 is 0 Å². The fourth-order valence-electron chi connectivity index (χ4n) is 6.04. The molecule has 1 atom stereocenters. The Balaban J connectivity index is 1.08. The highest BCUT2D eigenvalue weighted by atomic mass is 16.2. The number of carbonyl (C=O) groups is 1. The fraction of sp³-hybridized carbons (Fsp3) is 0.414. The molecule has 2 aromatic heterocycles. The summed E-state index contributed by atoms with van der Waals surface area (Å²) in [5.74, 6) is 0.729. The Labute approximate surface area is 207 Å². The molecule has 0 bridgehead atoms. The molecule has 35 heavy (non-hydrogen) atoms. The fourth-order valence-corrected chi connectivity index (χ4v) is 6.04. The third-order valence-corrected chi connectivity index (χ3v) is 7.98. The summed E-state index contributed by atoms with van der Waals surface area (Å²) < 4.78 is 2.31. The van der Waals surface area contributed by atoms with Crippen molar-refractivity contribution < 1.29 is 4.79 Å². The summed E-state index contributed by atoms with van der Waals surface area (Å²) in [6.07, 6.45) is 7.52. The van der Waals surface area contributed by atoms with Gasteiger partial charge >= 0.3 is 0 Å². The Kier molecular flexibility index (Phi) is 5.98. The van der Waals surface area contributed by atoms with Crippen molar-refractivity contribution in [3.05, 3.63) is 77.3 Å². The van der Waals surface area contributed by atoms with Crippen molar-refractivity contribution in [1.82, 2.24) is 19.4 Å². The normalized spacial score (nSPS) is 20.9. The summed E-state index contributed by atoms with van der Waals surface area (Å²) in [6, 6.07) is 14.9. The van der Waals surface area contributed by atoms with Crippen LogP contribution in [0.1, 0.15) is 36.9 Å². The van der Waals surface area contributed by atoms with Gasteiger partial charge in [-0.1, -0.05) is 18.2 Å². The van der Waals surface area contributed by atoms with E-state index in [-0.39, 0.29) is 0 Å². The van der Waals surface area contributed by atoms with Crippen LogP contribution in [0.15, 0.2) is 71.0 Å². The molecule has 6 rings (SSSR count). The average molecular weight is 468 g/mol. The van der Waals surface area contributed by atoms with Gasteiger partial charge in [0.05, 0.1) is 12.3 Å². The highest BCUT2D eigenvalue weighted by Crippen LogP contribution is 2.29. The summed E-state index contributed by atoms with van der Waals surface area (Å²) in [5.41, 5.74) is 7.45. The largest absolute Gasteiger partial charge is 0.346 e. The molecule has 1 fully saturated rings. The quantitative estimate of drug-likeness (QED) is 0.565. The molecule has 0 unspecified atom stereocenters. The smallest absolute Gasteiger partial charge is 0.223 e. The van der Waals surface area contributed by atoms with Gasteiger partial charge in [-0.05, 0) is 72.5 Å². The molecular weight excluding hydrogens is 434 g/mol. The van der Waals surface area contributed by atoms with E-state index < -0.39 is 0 Å². The molecule has 1 aromatic carbocycles. The first kappa shape index (κ1) is 22.2. The second kappa shape index (κ2) is 9.42. The standard InChI is InChI=1S/C29H33N5O/c1-32-25(16-23-6-2-3-7-27(23)32)19-33-13-4-5-21(18-33)15-28(35)34-14-10-24-17-31-29(26(24)20-34)22-8-11-30-12-9-22/h2-3,6-9,11-12,16,21H,4-5,10,13-15,17-20H2,1H3/t21-/m0/s1. The van der Waals surface area contributed by atoms with E-state index in [4.69, 9.17) is 4.99 Å². The summed E-state index contributed by atoms with van der Waals surface area (Å²) >= 11 is 0. The second-order valence-electron chi connectivity index (χ2n) is 10.2. The number of rotatable bonds is 5. The first-order valence-electron chi connectivity index (χ1n) is 12.9. The Morgan fingerprint density at radius 3 is 2.83 bits per heavy atom. The number of fused-ring (bicyclic) bond motifs is 1. The molecule has 6 nitrogen and oxygen atoms in total. The second-order valence-corrected chi connectivity index (χ2v) is 10.2. The third-order valence-electron chi connectivity index (χ3n) is 7.98. The zero-order valence-corrected chi connectivity index (χ0v) is 20.5. The number of benzene rings is 1. The van der Waals surface area contributed by atoms with Crippen LogP contribution in [0, 0.1) is 5.92 Å². The van der Waals surface area contributed by atoms with Crippen LogP contribution in [0.2, 0.25) is 0 Å².